The number of amides is 1. The average molecular weight is 466 g/mol. The van der Waals surface area contributed by atoms with Gasteiger partial charge in [0.25, 0.3) is 5.91 Å². The van der Waals surface area contributed by atoms with Crippen molar-refractivity contribution >= 4 is 62.2 Å². The Kier molecular flexibility index (Phi) is 6.18. The van der Waals surface area contributed by atoms with Crippen molar-refractivity contribution in [1.82, 2.24) is 4.90 Å². The standard InChI is InChI=1S/C19H16BrNO4S2/c1-2-3-14(18(23)24)21-17(22)16(27-19(21)26)10-13-8-9-15(25-13)11-4-6-12(20)7-5-11/h4-10,14H,2-3H2,1H3,(H,23,24). The third kappa shape index (κ3) is 4.34. The fourth-order valence-corrected chi connectivity index (χ4v) is 4.32. The molecule has 27 heavy (non-hydrogen) atoms. The first-order valence-corrected chi connectivity index (χ1v) is 10.3. The number of carboxylic acids is 1. The maximum Gasteiger partial charge on any atom is 0.326 e. The van der Waals surface area contributed by atoms with E-state index in [1.54, 1.807) is 12.1 Å². The second-order valence-electron chi connectivity index (χ2n) is 5.90. The summed E-state index contributed by atoms with van der Waals surface area (Å²) in [7, 11) is 0. The van der Waals surface area contributed by atoms with Gasteiger partial charge in [-0.3, -0.25) is 9.69 Å². The number of thioether (sulfide) groups is 1. The first-order chi connectivity index (χ1) is 12.9. The van der Waals surface area contributed by atoms with Crippen LogP contribution in [-0.4, -0.2) is 32.2 Å². The Morgan fingerprint density at radius 3 is 2.67 bits per heavy atom. The average Bonchev–Trinajstić information content (AvgIpc) is 3.19. The summed E-state index contributed by atoms with van der Waals surface area (Å²) in [4.78, 5) is 25.8. The number of aliphatic carboxylic acids is 1. The Morgan fingerprint density at radius 2 is 2.04 bits per heavy atom. The Bertz CT molecular complexity index is 920. The molecule has 140 valence electrons. The molecule has 2 heterocycles. The molecule has 0 spiro atoms. The first-order valence-electron chi connectivity index (χ1n) is 8.26. The maximum absolute atomic E-state index is 12.7. The largest absolute Gasteiger partial charge is 0.480 e. The van der Waals surface area contributed by atoms with Crippen molar-refractivity contribution in [1.29, 1.82) is 0 Å². The van der Waals surface area contributed by atoms with Gasteiger partial charge in [0.2, 0.25) is 0 Å². The third-order valence-corrected chi connectivity index (χ3v) is 5.87. The van der Waals surface area contributed by atoms with E-state index in [4.69, 9.17) is 16.6 Å². The molecule has 5 nitrogen and oxygen atoms in total. The summed E-state index contributed by atoms with van der Waals surface area (Å²) in [5.41, 5.74) is 0.916. The molecule has 1 aromatic heterocycles. The van der Waals surface area contributed by atoms with E-state index in [9.17, 15) is 14.7 Å². The Labute approximate surface area is 174 Å². The molecule has 1 aliphatic rings. The van der Waals surface area contributed by atoms with E-state index < -0.39 is 17.9 Å². The molecule has 1 N–H and O–H groups in total. The number of carbonyl (C=O) groups excluding carboxylic acids is 1. The Balaban J connectivity index is 1.84. The Hall–Kier alpha value is -1.90. The second kappa shape index (κ2) is 8.41. The van der Waals surface area contributed by atoms with Gasteiger partial charge in [0.05, 0.1) is 4.91 Å². The molecule has 0 bridgehead atoms. The molecule has 1 unspecified atom stereocenters. The number of benzene rings is 1. The minimum absolute atomic E-state index is 0.256. The molecule has 2 aromatic rings. The lowest BCUT2D eigenvalue weighted by Crippen LogP contribution is -2.43. The van der Waals surface area contributed by atoms with E-state index in [0.717, 1.165) is 21.8 Å². The van der Waals surface area contributed by atoms with Gasteiger partial charge in [-0.2, -0.15) is 0 Å². The van der Waals surface area contributed by atoms with Crippen molar-refractivity contribution < 1.29 is 19.1 Å². The van der Waals surface area contributed by atoms with Crippen LogP contribution in [0, 0.1) is 0 Å². The molecule has 1 atom stereocenters. The number of hydrogen-bond donors (Lipinski definition) is 1. The highest BCUT2D eigenvalue weighted by atomic mass is 79.9. The number of carbonyl (C=O) groups is 2. The number of hydrogen-bond acceptors (Lipinski definition) is 5. The summed E-state index contributed by atoms with van der Waals surface area (Å²) >= 11 is 9.73. The van der Waals surface area contributed by atoms with Crippen molar-refractivity contribution in [3.8, 4) is 11.3 Å². The SMILES string of the molecule is CCCC(C(=O)O)N1C(=O)C(=Cc2ccc(-c3ccc(Br)cc3)o2)SC1=S. The first kappa shape index (κ1) is 19.9. The van der Waals surface area contributed by atoms with Crippen molar-refractivity contribution in [3.05, 3.63) is 51.5 Å². The lowest BCUT2D eigenvalue weighted by molar-refractivity contribution is -0.145. The zero-order chi connectivity index (χ0) is 19.6. The Morgan fingerprint density at radius 1 is 1.33 bits per heavy atom. The van der Waals surface area contributed by atoms with E-state index in [1.807, 2.05) is 37.3 Å². The van der Waals surface area contributed by atoms with Gasteiger partial charge < -0.3 is 9.52 Å². The number of thiocarbonyl (C=S) groups is 1. The van der Waals surface area contributed by atoms with Crippen LogP contribution in [0.2, 0.25) is 0 Å². The third-order valence-electron chi connectivity index (χ3n) is 4.01. The van der Waals surface area contributed by atoms with E-state index in [-0.39, 0.29) is 4.32 Å². The smallest absolute Gasteiger partial charge is 0.326 e. The topological polar surface area (TPSA) is 70.8 Å². The van der Waals surface area contributed by atoms with Crippen LogP contribution in [0.5, 0.6) is 0 Å². The van der Waals surface area contributed by atoms with Crippen molar-refractivity contribution in [2.24, 2.45) is 0 Å². The monoisotopic (exact) mass is 465 g/mol. The summed E-state index contributed by atoms with van der Waals surface area (Å²) in [5.74, 6) is -0.258. The van der Waals surface area contributed by atoms with Crippen LogP contribution >= 0.6 is 39.9 Å². The quantitative estimate of drug-likeness (QED) is 0.468. The van der Waals surface area contributed by atoms with E-state index >= 15 is 0 Å². The van der Waals surface area contributed by atoms with Gasteiger partial charge in [0.1, 0.15) is 21.9 Å². The molecular weight excluding hydrogens is 450 g/mol. The fourth-order valence-electron chi connectivity index (χ4n) is 2.71. The molecule has 1 fully saturated rings. The normalized spacial score (nSPS) is 17.0. The van der Waals surface area contributed by atoms with Crippen LogP contribution < -0.4 is 0 Å². The molecular formula is C19H16BrNO4S2. The van der Waals surface area contributed by atoms with Crippen LogP contribution in [-0.2, 0) is 9.59 Å². The van der Waals surface area contributed by atoms with Crippen molar-refractivity contribution in [2.75, 3.05) is 0 Å². The number of rotatable bonds is 6. The summed E-state index contributed by atoms with van der Waals surface area (Å²) in [6.07, 6.45) is 2.60. The molecule has 1 saturated heterocycles. The van der Waals surface area contributed by atoms with Crippen molar-refractivity contribution in [2.45, 2.75) is 25.8 Å². The number of halogens is 1. The predicted molar refractivity (Wildman–Crippen MR) is 113 cm³/mol. The van der Waals surface area contributed by atoms with Gasteiger partial charge in [-0.25, -0.2) is 4.79 Å². The zero-order valence-electron chi connectivity index (χ0n) is 14.3. The summed E-state index contributed by atoms with van der Waals surface area (Å²) in [6.45, 7) is 1.87. The number of furan rings is 1. The summed E-state index contributed by atoms with van der Waals surface area (Å²) < 4.78 is 7.04. The highest BCUT2D eigenvalue weighted by molar-refractivity contribution is 9.10. The maximum atomic E-state index is 12.7. The van der Waals surface area contributed by atoms with E-state index in [2.05, 4.69) is 15.9 Å². The van der Waals surface area contributed by atoms with Crippen LogP contribution in [0.4, 0.5) is 0 Å². The lowest BCUT2D eigenvalue weighted by atomic mass is 10.1. The molecule has 0 aliphatic carbocycles. The molecule has 0 saturated carbocycles. The van der Waals surface area contributed by atoms with Crippen LogP contribution in [0.1, 0.15) is 25.5 Å². The van der Waals surface area contributed by atoms with Crippen LogP contribution in [0.25, 0.3) is 17.4 Å². The zero-order valence-corrected chi connectivity index (χ0v) is 17.6. The highest BCUT2D eigenvalue weighted by Gasteiger charge is 2.40. The summed E-state index contributed by atoms with van der Waals surface area (Å²) in [5, 5.41) is 9.42. The molecule has 1 amide bonds. The fraction of sp³-hybridized carbons (Fsp3) is 0.211. The molecule has 1 aliphatic heterocycles. The van der Waals surface area contributed by atoms with Gasteiger partial charge >= 0.3 is 5.97 Å². The number of nitrogens with zero attached hydrogens (tertiary/aromatic N) is 1. The molecule has 8 heteroatoms. The van der Waals surface area contributed by atoms with Gasteiger partial charge in [-0.05, 0) is 30.7 Å². The van der Waals surface area contributed by atoms with Gasteiger partial charge in [0.15, 0.2) is 0 Å². The predicted octanol–water partition coefficient (Wildman–Crippen LogP) is 5.16. The molecule has 0 radical (unpaired) electrons. The molecule has 1 aromatic carbocycles. The lowest BCUT2D eigenvalue weighted by Gasteiger charge is -2.22. The summed E-state index contributed by atoms with van der Waals surface area (Å²) in [6, 6.07) is 10.3. The van der Waals surface area contributed by atoms with Gasteiger partial charge in [0, 0.05) is 16.1 Å². The van der Waals surface area contributed by atoms with Crippen molar-refractivity contribution in [3.63, 3.8) is 0 Å². The minimum atomic E-state index is -1.05. The van der Waals surface area contributed by atoms with E-state index in [1.165, 1.54) is 4.90 Å². The van der Waals surface area contributed by atoms with Gasteiger partial charge in [-0.1, -0.05) is 65.4 Å². The highest BCUT2D eigenvalue weighted by Crippen LogP contribution is 2.35. The van der Waals surface area contributed by atoms with Crippen LogP contribution in [0.3, 0.4) is 0 Å². The second-order valence-corrected chi connectivity index (χ2v) is 8.49. The number of carboxylic acid groups (broad SMARTS) is 1. The van der Waals surface area contributed by atoms with Gasteiger partial charge in [-0.15, -0.1) is 0 Å². The van der Waals surface area contributed by atoms with Crippen LogP contribution in [0.15, 0.2) is 50.2 Å². The van der Waals surface area contributed by atoms with E-state index in [0.29, 0.717) is 29.3 Å². The molecule has 3 rings (SSSR count). The minimum Gasteiger partial charge on any atom is -0.480 e.